The average Bonchev–Trinajstić information content (AvgIpc) is 2.53. The Morgan fingerprint density at radius 3 is 2.21 bits per heavy atom. The lowest BCUT2D eigenvalue weighted by Crippen LogP contribution is -2.31. The van der Waals surface area contributed by atoms with Crippen LogP contribution in [0.1, 0.15) is 12.7 Å². The van der Waals surface area contributed by atoms with Gasteiger partial charge in [-0.1, -0.05) is 39.5 Å². The zero-order valence-corrected chi connectivity index (χ0v) is 13.8. The summed E-state index contributed by atoms with van der Waals surface area (Å²) < 4.78 is 6.40. The van der Waals surface area contributed by atoms with Crippen LogP contribution in [0.4, 0.5) is 0 Å². The lowest BCUT2D eigenvalue weighted by atomic mass is 10.3. The van der Waals surface area contributed by atoms with Gasteiger partial charge < -0.3 is 0 Å². The highest BCUT2D eigenvalue weighted by molar-refractivity contribution is 7.71. The molecule has 102 valence electrons. The maximum Gasteiger partial charge on any atom is 0.331 e. The molecule has 0 saturated heterocycles. The van der Waals surface area contributed by atoms with Crippen LogP contribution >= 0.6 is 47.0 Å². The predicted molar refractivity (Wildman–Crippen MR) is 81.2 cm³/mol. The van der Waals surface area contributed by atoms with Crippen molar-refractivity contribution in [3.63, 3.8) is 0 Å². The fraction of sp³-hybridized carbons (Fsp3) is 0.333. The second kappa shape index (κ2) is 5.44. The van der Waals surface area contributed by atoms with Crippen LogP contribution in [0.2, 0.25) is 15.1 Å². The monoisotopic (exact) mass is 336 g/mol. The fourth-order valence-corrected chi connectivity index (χ4v) is 3.32. The van der Waals surface area contributed by atoms with E-state index < -0.39 is 0 Å². The lowest BCUT2D eigenvalue weighted by molar-refractivity contribution is -0.685. The molecule has 0 aliphatic rings. The SMILES string of the molecule is CCn1c(C)[n+](C)c(=S)n1-c1c(Cl)cc(Cl)cc1Cl. The van der Waals surface area contributed by atoms with Gasteiger partial charge in [0.2, 0.25) is 5.82 Å². The van der Waals surface area contributed by atoms with Gasteiger partial charge in [0.1, 0.15) is 0 Å². The standard InChI is InChI=1S/C12H13Cl3N3S/c1-4-17-7(2)16(3)12(19)18(17)11-9(14)5-8(13)6-10(11)15/h5-6H,4H2,1-3H3/q+1. The quantitative estimate of drug-likeness (QED) is 0.594. The smallest absolute Gasteiger partial charge is 0.224 e. The summed E-state index contributed by atoms with van der Waals surface area (Å²) in [6.07, 6.45) is 0. The van der Waals surface area contributed by atoms with Crippen molar-refractivity contribution < 1.29 is 4.57 Å². The van der Waals surface area contributed by atoms with Gasteiger partial charge in [-0.25, -0.2) is 4.57 Å². The molecule has 0 spiro atoms. The van der Waals surface area contributed by atoms with Crippen molar-refractivity contribution in [2.24, 2.45) is 7.05 Å². The van der Waals surface area contributed by atoms with Crippen LogP contribution in [0.25, 0.3) is 5.69 Å². The Bertz CT molecular complexity index is 680. The highest BCUT2D eigenvalue weighted by atomic mass is 35.5. The summed E-state index contributed by atoms with van der Waals surface area (Å²) in [5.74, 6) is 1.02. The number of hydrogen-bond donors (Lipinski definition) is 0. The highest BCUT2D eigenvalue weighted by Gasteiger charge is 2.24. The third-order valence-electron chi connectivity index (χ3n) is 3.06. The Labute approximate surface area is 131 Å². The van der Waals surface area contributed by atoms with Crippen LogP contribution in [0.3, 0.4) is 0 Å². The third-order valence-corrected chi connectivity index (χ3v) is 4.30. The maximum absolute atomic E-state index is 6.27. The average molecular weight is 338 g/mol. The zero-order chi connectivity index (χ0) is 14.3. The Hall–Kier alpha value is -0.550. The Morgan fingerprint density at radius 1 is 1.21 bits per heavy atom. The fourth-order valence-electron chi connectivity index (χ4n) is 2.03. The molecule has 0 aliphatic heterocycles. The van der Waals surface area contributed by atoms with Gasteiger partial charge in [0.05, 0.1) is 23.6 Å². The lowest BCUT2D eigenvalue weighted by Gasteiger charge is -2.07. The van der Waals surface area contributed by atoms with E-state index in [9.17, 15) is 0 Å². The predicted octanol–water partition coefficient (Wildman–Crippen LogP) is 4.12. The number of aromatic nitrogens is 3. The molecule has 2 rings (SSSR count). The van der Waals surface area contributed by atoms with E-state index in [0.29, 0.717) is 25.5 Å². The number of nitrogens with zero attached hydrogens (tertiary/aromatic N) is 3. The number of benzene rings is 1. The number of halogens is 3. The van der Waals surface area contributed by atoms with Crippen LogP contribution in [-0.4, -0.2) is 9.36 Å². The molecule has 0 N–H and O–H groups in total. The van der Waals surface area contributed by atoms with Crippen molar-refractivity contribution in [3.05, 3.63) is 37.8 Å². The van der Waals surface area contributed by atoms with Gasteiger partial charge in [0, 0.05) is 11.9 Å². The van der Waals surface area contributed by atoms with E-state index in [1.54, 1.807) is 12.1 Å². The van der Waals surface area contributed by atoms with E-state index in [-0.39, 0.29) is 0 Å². The molecule has 0 aliphatic carbocycles. The van der Waals surface area contributed by atoms with Crippen molar-refractivity contribution in [3.8, 4) is 5.69 Å². The minimum absolute atomic E-state index is 0.474. The first kappa shape index (κ1) is 14.9. The van der Waals surface area contributed by atoms with E-state index in [2.05, 4.69) is 0 Å². The summed E-state index contributed by atoms with van der Waals surface area (Å²) in [4.78, 5) is 0. The molecule has 7 heteroatoms. The number of rotatable bonds is 2. The summed E-state index contributed by atoms with van der Waals surface area (Å²) in [7, 11) is 1.91. The Balaban J connectivity index is 2.87. The van der Waals surface area contributed by atoms with Crippen molar-refractivity contribution in [2.75, 3.05) is 0 Å². The summed E-state index contributed by atoms with van der Waals surface area (Å²) in [5.41, 5.74) is 0.656. The van der Waals surface area contributed by atoms with E-state index in [0.717, 1.165) is 12.4 Å². The van der Waals surface area contributed by atoms with E-state index in [4.69, 9.17) is 47.0 Å². The second-order valence-corrected chi connectivity index (χ2v) is 5.75. The first-order valence-corrected chi connectivity index (χ1v) is 7.26. The first-order valence-electron chi connectivity index (χ1n) is 5.71. The second-order valence-electron chi connectivity index (χ2n) is 4.13. The Morgan fingerprint density at radius 2 is 1.74 bits per heavy atom. The first-order chi connectivity index (χ1) is 8.88. The molecule has 0 amide bonds. The van der Waals surface area contributed by atoms with Crippen molar-refractivity contribution >= 4 is 47.0 Å². The van der Waals surface area contributed by atoms with Crippen LogP contribution in [-0.2, 0) is 13.6 Å². The molecule has 1 aromatic heterocycles. The van der Waals surface area contributed by atoms with Crippen molar-refractivity contribution in [1.29, 1.82) is 0 Å². The van der Waals surface area contributed by atoms with Crippen molar-refractivity contribution in [1.82, 2.24) is 9.36 Å². The molecule has 0 bridgehead atoms. The van der Waals surface area contributed by atoms with Gasteiger partial charge in [-0.15, -0.1) is 4.68 Å². The van der Waals surface area contributed by atoms with E-state index in [1.165, 1.54) is 0 Å². The number of hydrogen-bond acceptors (Lipinski definition) is 1. The summed E-state index contributed by atoms with van der Waals surface area (Å²) in [5, 5.41) is 1.45. The van der Waals surface area contributed by atoms with Gasteiger partial charge in [0.25, 0.3) is 0 Å². The van der Waals surface area contributed by atoms with Gasteiger partial charge in [-0.05, 0) is 31.3 Å². The van der Waals surface area contributed by atoms with Crippen LogP contribution in [0, 0.1) is 11.7 Å². The van der Waals surface area contributed by atoms with Gasteiger partial charge in [-0.3, -0.25) is 0 Å². The molecule has 0 fully saturated rings. The minimum atomic E-state index is 0.474. The summed E-state index contributed by atoms with van der Waals surface area (Å²) in [6, 6.07) is 3.32. The summed E-state index contributed by atoms with van der Waals surface area (Å²) >= 11 is 23.9. The topological polar surface area (TPSA) is 13.7 Å². The molecule has 0 unspecified atom stereocenters. The third kappa shape index (κ3) is 2.42. The summed E-state index contributed by atoms with van der Waals surface area (Å²) in [6.45, 7) is 4.79. The van der Waals surface area contributed by atoms with E-state index >= 15 is 0 Å². The van der Waals surface area contributed by atoms with Crippen LogP contribution < -0.4 is 4.57 Å². The zero-order valence-electron chi connectivity index (χ0n) is 10.7. The van der Waals surface area contributed by atoms with Crippen LogP contribution in [0.15, 0.2) is 12.1 Å². The highest BCUT2D eigenvalue weighted by Crippen LogP contribution is 2.32. The van der Waals surface area contributed by atoms with E-state index in [1.807, 2.05) is 34.8 Å². The molecule has 1 heterocycles. The largest absolute Gasteiger partial charge is 0.331 e. The normalized spacial score (nSPS) is 11.1. The maximum atomic E-state index is 6.27. The molecule has 2 aromatic rings. The van der Waals surface area contributed by atoms with Gasteiger partial charge in [-0.2, -0.15) is 0 Å². The van der Waals surface area contributed by atoms with Crippen molar-refractivity contribution in [2.45, 2.75) is 20.4 Å². The molecule has 0 saturated carbocycles. The van der Waals surface area contributed by atoms with Gasteiger partial charge >= 0.3 is 4.77 Å². The molecule has 19 heavy (non-hydrogen) atoms. The van der Waals surface area contributed by atoms with Gasteiger partial charge in [0.15, 0.2) is 5.69 Å². The molecular formula is C12H13Cl3N3S+. The molecular weight excluding hydrogens is 325 g/mol. The van der Waals surface area contributed by atoms with Crippen LogP contribution in [0.5, 0.6) is 0 Å². The Kier molecular flexibility index (Phi) is 4.26. The molecule has 3 nitrogen and oxygen atoms in total. The molecule has 1 aromatic carbocycles. The minimum Gasteiger partial charge on any atom is -0.224 e. The molecule has 0 atom stereocenters. The molecule has 0 radical (unpaired) electrons.